The Kier molecular flexibility index (Phi) is 3.00. The van der Waals surface area contributed by atoms with Crippen molar-refractivity contribution in [1.29, 1.82) is 0 Å². The van der Waals surface area contributed by atoms with Crippen molar-refractivity contribution in [2.24, 2.45) is 5.92 Å². The molecule has 1 saturated carbocycles. The number of fused-ring (bicyclic) bond motifs is 1. The second-order valence-electron chi connectivity index (χ2n) is 5.22. The molecule has 19 heavy (non-hydrogen) atoms. The highest BCUT2D eigenvalue weighted by Crippen LogP contribution is 2.32. The van der Waals surface area contributed by atoms with Gasteiger partial charge >= 0.3 is 5.69 Å². The number of H-pyrrole nitrogens is 1. The Bertz CT molecular complexity index is 705. The van der Waals surface area contributed by atoms with E-state index in [9.17, 15) is 9.59 Å². The maximum absolute atomic E-state index is 12.4. The van der Waals surface area contributed by atoms with E-state index < -0.39 is 0 Å². The van der Waals surface area contributed by atoms with Gasteiger partial charge in [0, 0.05) is 13.1 Å². The molecule has 2 aromatic rings. The minimum Gasteiger partial charge on any atom is -0.339 e. The van der Waals surface area contributed by atoms with Gasteiger partial charge in [-0.15, -0.1) is 0 Å². The molecule has 0 radical (unpaired) electrons. The van der Waals surface area contributed by atoms with Gasteiger partial charge in [-0.05, 0) is 18.8 Å². The zero-order valence-electron chi connectivity index (χ0n) is 11.1. The van der Waals surface area contributed by atoms with Crippen LogP contribution in [0.15, 0.2) is 15.9 Å². The van der Waals surface area contributed by atoms with Crippen molar-refractivity contribution in [3.8, 4) is 0 Å². The zero-order valence-corrected chi connectivity index (χ0v) is 11.1. The first-order valence-electron chi connectivity index (χ1n) is 6.89. The molecule has 1 aliphatic rings. The Morgan fingerprint density at radius 1 is 1.32 bits per heavy atom. The molecule has 0 unspecified atom stereocenters. The molecule has 0 amide bonds. The lowest BCUT2D eigenvalue weighted by Crippen LogP contribution is -2.40. The molecular formula is C13H18N4O2. The fourth-order valence-electron chi connectivity index (χ4n) is 2.45. The average molecular weight is 262 g/mol. The molecule has 1 aliphatic carbocycles. The number of nitrogens with zero attached hydrogens (tertiary/aromatic N) is 3. The van der Waals surface area contributed by atoms with Crippen LogP contribution in [0.3, 0.4) is 0 Å². The highest BCUT2D eigenvalue weighted by Gasteiger charge is 2.22. The normalized spacial score (nSPS) is 15.2. The molecule has 0 spiro atoms. The van der Waals surface area contributed by atoms with Gasteiger partial charge in [-0.3, -0.25) is 13.9 Å². The summed E-state index contributed by atoms with van der Waals surface area (Å²) < 4.78 is 2.95. The predicted molar refractivity (Wildman–Crippen MR) is 72.2 cm³/mol. The van der Waals surface area contributed by atoms with Crippen molar-refractivity contribution in [3.63, 3.8) is 0 Å². The Balaban J connectivity index is 2.13. The molecule has 3 rings (SSSR count). The van der Waals surface area contributed by atoms with Gasteiger partial charge in [0.15, 0.2) is 5.65 Å². The zero-order chi connectivity index (χ0) is 13.4. The number of nitrogens with one attached hydrogen (secondary N) is 1. The molecule has 0 saturated heterocycles. The molecule has 0 aliphatic heterocycles. The highest BCUT2D eigenvalue weighted by atomic mass is 16.2. The summed E-state index contributed by atoms with van der Waals surface area (Å²) in [6.45, 7) is 3.11. The van der Waals surface area contributed by atoms with Gasteiger partial charge in [-0.2, -0.15) is 0 Å². The van der Waals surface area contributed by atoms with Crippen molar-refractivity contribution in [1.82, 2.24) is 19.1 Å². The molecule has 6 nitrogen and oxygen atoms in total. The van der Waals surface area contributed by atoms with E-state index in [1.54, 1.807) is 4.57 Å². The summed E-state index contributed by atoms with van der Waals surface area (Å²) in [4.78, 5) is 31.6. The summed E-state index contributed by atoms with van der Waals surface area (Å²) in [5, 5.41) is 0. The van der Waals surface area contributed by atoms with Crippen LogP contribution in [0.5, 0.6) is 0 Å². The molecule has 102 valence electrons. The minimum absolute atomic E-state index is 0.230. The third kappa shape index (κ3) is 2.11. The summed E-state index contributed by atoms with van der Waals surface area (Å²) in [5.41, 5.74) is 0.431. The lowest BCUT2D eigenvalue weighted by molar-refractivity contribution is 0.524. The standard InChI is InChI=1S/C13H18N4O2/c1-2-6-16-11-10(14-8-15-11)12(18)17(13(16)19)7-5-9-3-4-9/h8-9H,2-7H2,1H3,(H,14,15). The van der Waals surface area contributed by atoms with E-state index in [2.05, 4.69) is 9.97 Å². The van der Waals surface area contributed by atoms with E-state index in [0.29, 0.717) is 30.2 Å². The van der Waals surface area contributed by atoms with Crippen LogP contribution < -0.4 is 11.2 Å². The molecule has 2 heterocycles. The van der Waals surface area contributed by atoms with Crippen molar-refractivity contribution < 1.29 is 0 Å². The molecule has 0 atom stereocenters. The fourth-order valence-corrected chi connectivity index (χ4v) is 2.45. The van der Waals surface area contributed by atoms with Gasteiger partial charge in [0.1, 0.15) is 5.52 Å². The van der Waals surface area contributed by atoms with E-state index in [0.717, 1.165) is 12.8 Å². The summed E-state index contributed by atoms with van der Waals surface area (Å²) in [6, 6.07) is 0. The topological polar surface area (TPSA) is 72.7 Å². The molecule has 1 fully saturated rings. The van der Waals surface area contributed by atoms with Gasteiger partial charge in [-0.1, -0.05) is 19.8 Å². The number of hydrogen-bond acceptors (Lipinski definition) is 3. The smallest absolute Gasteiger partial charge is 0.332 e. The summed E-state index contributed by atoms with van der Waals surface area (Å²) >= 11 is 0. The predicted octanol–water partition coefficient (Wildman–Crippen LogP) is 1.10. The Morgan fingerprint density at radius 3 is 2.79 bits per heavy atom. The van der Waals surface area contributed by atoms with Gasteiger partial charge in [0.05, 0.1) is 6.33 Å². The Morgan fingerprint density at radius 2 is 2.11 bits per heavy atom. The molecule has 2 aromatic heterocycles. The van der Waals surface area contributed by atoms with Gasteiger partial charge in [-0.25, -0.2) is 9.78 Å². The second kappa shape index (κ2) is 4.68. The van der Waals surface area contributed by atoms with E-state index in [-0.39, 0.29) is 11.2 Å². The largest absolute Gasteiger partial charge is 0.339 e. The van der Waals surface area contributed by atoms with Crippen LogP contribution in [-0.4, -0.2) is 19.1 Å². The number of aromatic nitrogens is 4. The maximum Gasteiger partial charge on any atom is 0.332 e. The van der Waals surface area contributed by atoms with E-state index >= 15 is 0 Å². The van der Waals surface area contributed by atoms with Crippen LogP contribution in [0.4, 0.5) is 0 Å². The van der Waals surface area contributed by atoms with Gasteiger partial charge < -0.3 is 4.98 Å². The fraction of sp³-hybridized carbons (Fsp3) is 0.615. The lowest BCUT2D eigenvalue weighted by atomic mass is 10.3. The number of aryl methyl sites for hydroxylation is 1. The van der Waals surface area contributed by atoms with Crippen molar-refractivity contribution >= 4 is 11.2 Å². The van der Waals surface area contributed by atoms with Gasteiger partial charge in [0.25, 0.3) is 5.56 Å². The van der Waals surface area contributed by atoms with Crippen molar-refractivity contribution in [2.75, 3.05) is 0 Å². The first-order valence-corrected chi connectivity index (χ1v) is 6.89. The summed E-state index contributed by atoms with van der Waals surface area (Å²) in [7, 11) is 0. The third-order valence-electron chi connectivity index (χ3n) is 3.70. The highest BCUT2D eigenvalue weighted by molar-refractivity contribution is 5.68. The molecule has 6 heteroatoms. The van der Waals surface area contributed by atoms with Crippen LogP contribution in [0.2, 0.25) is 0 Å². The minimum atomic E-state index is -0.245. The monoisotopic (exact) mass is 262 g/mol. The maximum atomic E-state index is 12.4. The summed E-state index contributed by atoms with van der Waals surface area (Å²) in [5.74, 6) is 0.698. The van der Waals surface area contributed by atoms with Crippen LogP contribution in [0.1, 0.15) is 32.6 Å². The summed E-state index contributed by atoms with van der Waals surface area (Å²) in [6.07, 6.45) is 5.68. The molecular weight excluding hydrogens is 244 g/mol. The third-order valence-corrected chi connectivity index (χ3v) is 3.70. The number of imidazole rings is 1. The SMILES string of the molecule is CCCn1c(=O)n(CCC2CC2)c(=O)c2[nH]cnc21. The van der Waals surface area contributed by atoms with Crippen molar-refractivity contribution in [3.05, 3.63) is 27.2 Å². The first-order chi connectivity index (χ1) is 9.22. The Labute approximate surface area is 110 Å². The van der Waals surface area contributed by atoms with E-state index in [1.807, 2.05) is 6.92 Å². The quantitative estimate of drug-likeness (QED) is 0.876. The van der Waals surface area contributed by atoms with Crippen LogP contribution in [0, 0.1) is 5.92 Å². The van der Waals surface area contributed by atoms with Crippen LogP contribution >= 0.6 is 0 Å². The van der Waals surface area contributed by atoms with Crippen LogP contribution in [-0.2, 0) is 13.1 Å². The lowest BCUT2D eigenvalue weighted by Gasteiger charge is -2.10. The molecule has 0 bridgehead atoms. The average Bonchev–Trinajstić information content (AvgIpc) is 3.09. The van der Waals surface area contributed by atoms with E-state index in [1.165, 1.54) is 23.7 Å². The number of aromatic amines is 1. The molecule has 1 N–H and O–H groups in total. The van der Waals surface area contributed by atoms with Crippen molar-refractivity contribution in [2.45, 2.75) is 45.7 Å². The number of rotatable bonds is 5. The van der Waals surface area contributed by atoms with Gasteiger partial charge in [0.2, 0.25) is 0 Å². The van der Waals surface area contributed by atoms with E-state index in [4.69, 9.17) is 0 Å². The molecule has 0 aromatic carbocycles. The second-order valence-corrected chi connectivity index (χ2v) is 5.22. The first kappa shape index (κ1) is 12.2. The Hall–Kier alpha value is -1.85. The number of hydrogen-bond donors (Lipinski definition) is 1. The van der Waals surface area contributed by atoms with Crippen LogP contribution in [0.25, 0.3) is 11.2 Å².